The third-order valence-electron chi connectivity index (χ3n) is 3.80. The predicted octanol–water partition coefficient (Wildman–Crippen LogP) is 1.01. The van der Waals surface area contributed by atoms with E-state index in [1.807, 2.05) is 6.92 Å². The van der Waals surface area contributed by atoms with Crippen LogP contribution < -0.4 is 0 Å². The lowest BCUT2D eigenvalue weighted by Crippen LogP contribution is -2.36. The summed E-state index contributed by atoms with van der Waals surface area (Å²) >= 11 is 0. The topological polar surface area (TPSA) is 70.3 Å². The van der Waals surface area contributed by atoms with E-state index in [1.54, 1.807) is 6.08 Å². The second kappa shape index (κ2) is 3.60. The van der Waals surface area contributed by atoms with E-state index >= 15 is 0 Å². The van der Waals surface area contributed by atoms with E-state index < -0.39 is 23.6 Å². The van der Waals surface area contributed by atoms with E-state index in [0.717, 1.165) is 6.42 Å². The minimum Gasteiger partial charge on any atom is -0.458 e. The predicted molar refractivity (Wildman–Crippen MR) is 56.0 cm³/mol. The van der Waals surface area contributed by atoms with E-state index in [9.17, 15) is 9.90 Å². The Morgan fingerprint density at radius 3 is 2.88 bits per heavy atom. The van der Waals surface area contributed by atoms with Gasteiger partial charge in [-0.1, -0.05) is 6.08 Å². The van der Waals surface area contributed by atoms with Crippen molar-refractivity contribution in [3.05, 3.63) is 12.7 Å². The van der Waals surface area contributed by atoms with Gasteiger partial charge in [-0.3, -0.25) is 4.79 Å². The van der Waals surface area contributed by atoms with Gasteiger partial charge in [-0.15, -0.1) is 6.58 Å². The molecule has 3 fully saturated rings. The van der Waals surface area contributed by atoms with Crippen LogP contribution in [0.2, 0.25) is 0 Å². The third-order valence-corrected chi connectivity index (χ3v) is 3.80. The van der Waals surface area contributed by atoms with Crippen molar-refractivity contribution in [1.29, 1.82) is 5.26 Å². The highest BCUT2D eigenvalue weighted by molar-refractivity contribution is 5.84. The highest BCUT2D eigenvalue weighted by Gasteiger charge is 2.70. The number of aliphatic hydroxyl groups excluding tert-OH is 1. The highest BCUT2D eigenvalue weighted by atomic mass is 16.6. The standard InChI is InChI=1S/C9H9NO3.C3H6/c10-3-9-2-4-1-5(9)7(6(4)11)13-8(9)12;1-3-2/h4-7,11H,1-2H2;3H,1H2,2H3. The summed E-state index contributed by atoms with van der Waals surface area (Å²) in [4.78, 5) is 11.4. The van der Waals surface area contributed by atoms with Crippen molar-refractivity contribution in [2.24, 2.45) is 17.3 Å². The summed E-state index contributed by atoms with van der Waals surface area (Å²) in [5, 5.41) is 18.6. The summed E-state index contributed by atoms with van der Waals surface area (Å²) in [7, 11) is 0. The lowest BCUT2D eigenvalue weighted by atomic mass is 9.75. The number of aliphatic hydroxyl groups is 1. The molecule has 1 heterocycles. The molecule has 16 heavy (non-hydrogen) atoms. The highest BCUT2D eigenvalue weighted by Crippen LogP contribution is 2.61. The van der Waals surface area contributed by atoms with Gasteiger partial charge in [0, 0.05) is 5.92 Å². The summed E-state index contributed by atoms with van der Waals surface area (Å²) < 4.78 is 5.03. The minimum absolute atomic E-state index is 0.0509. The number of carbonyl (C=O) groups is 1. The molecule has 4 nitrogen and oxygen atoms in total. The Hall–Kier alpha value is -1.34. The fourth-order valence-electron chi connectivity index (χ4n) is 3.15. The molecule has 0 aromatic heterocycles. The number of hydrogen-bond donors (Lipinski definition) is 1. The average Bonchev–Trinajstić information content (AvgIpc) is 2.82. The molecule has 3 rings (SSSR count). The zero-order valence-corrected chi connectivity index (χ0v) is 9.22. The molecule has 4 heteroatoms. The van der Waals surface area contributed by atoms with Gasteiger partial charge < -0.3 is 9.84 Å². The maximum atomic E-state index is 11.4. The van der Waals surface area contributed by atoms with Gasteiger partial charge in [-0.2, -0.15) is 5.26 Å². The van der Waals surface area contributed by atoms with Crippen LogP contribution in [0.15, 0.2) is 12.7 Å². The lowest BCUT2D eigenvalue weighted by molar-refractivity contribution is -0.147. The summed E-state index contributed by atoms with van der Waals surface area (Å²) in [6.07, 6.45) is 2.08. The molecule has 5 atom stereocenters. The zero-order valence-electron chi connectivity index (χ0n) is 9.22. The van der Waals surface area contributed by atoms with E-state index in [2.05, 4.69) is 12.6 Å². The monoisotopic (exact) mass is 221 g/mol. The number of esters is 1. The third kappa shape index (κ3) is 1.15. The van der Waals surface area contributed by atoms with Crippen molar-refractivity contribution < 1.29 is 14.6 Å². The summed E-state index contributed by atoms with van der Waals surface area (Å²) in [5.74, 6) is -0.366. The van der Waals surface area contributed by atoms with Gasteiger partial charge >= 0.3 is 5.97 Å². The van der Waals surface area contributed by atoms with Crippen LogP contribution in [-0.4, -0.2) is 23.3 Å². The van der Waals surface area contributed by atoms with Crippen molar-refractivity contribution in [2.75, 3.05) is 0 Å². The zero-order chi connectivity index (χ0) is 11.9. The number of rotatable bonds is 0. The lowest BCUT2D eigenvalue weighted by Gasteiger charge is -2.23. The van der Waals surface area contributed by atoms with Gasteiger partial charge in [-0.25, -0.2) is 0 Å². The smallest absolute Gasteiger partial charge is 0.327 e. The number of allylic oxidation sites excluding steroid dienone is 1. The normalized spacial score (nSPS) is 46.7. The van der Waals surface area contributed by atoms with Crippen LogP contribution in [-0.2, 0) is 9.53 Å². The molecule has 3 aliphatic rings. The molecular weight excluding hydrogens is 206 g/mol. The molecule has 1 N–H and O–H groups in total. The molecule has 1 aliphatic heterocycles. The first-order chi connectivity index (χ1) is 7.60. The average molecular weight is 221 g/mol. The molecule has 0 aromatic rings. The largest absolute Gasteiger partial charge is 0.458 e. The Morgan fingerprint density at radius 1 is 1.75 bits per heavy atom. The fourth-order valence-corrected chi connectivity index (χ4v) is 3.15. The van der Waals surface area contributed by atoms with E-state index in [0.29, 0.717) is 6.42 Å². The van der Waals surface area contributed by atoms with Crippen LogP contribution >= 0.6 is 0 Å². The number of carbonyl (C=O) groups excluding carboxylic acids is 1. The molecule has 5 unspecified atom stereocenters. The van der Waals surface area contributed by atoms with Gasteiger partial charge in [0.05, 0.1) is 12.2 Å². The Bertz CT molecular complexity index is 373. The molecule has 2 aliphatic carbocycles. The van der Waals surface area contributed by atoms with Crippen LogP contribution in [0, 0.1) is 28.6 Å². The first-order valence-corrected chi connectivity index (χ1v) is 5.48. The number of ether oxygens (including phenoxy) is 1. The van der Waals surface area contributed by atoms with Crippen LogP contribution in [0.5, 0.6) is 0 Å². The van der Waals surface area contributed by atoms with Gasteiger partial charge in [0.15, 0.2) is 5.41 Å². The number of fused-ring (bicyclic) bond motifs is 1. The van der Waals surface area contributed by atoms with Gasteiger partial charge in [0.2, 0.25) is 0 Å². The SMILES string of the molecule is C=CC.N#CC12CC3CC1C(OC2=O)C3O. The van der Waals surface area contributed by atoms with Gasteiger partial charge in [-0.05, 0) is 25.7 Å². The van der Waals surface area contributed by atoms with E-state index in [1.165, 1.54) is 0 Å². The summed E-state index contributed by atoms with van der Waals surface area (Å²) in [6.45, 7) is 5.25. The Kier molecular flexibility index (Phi) is 2.51. The van der Waals surface area contributed by atoms with E-state index in [-0.39, 0.29) is 11.8 Å². The molecule has 1 saturated heterocycles. The molecule has 0 amide bonds. The van der Waals surface area contributed by atoms with Crippen molar-refractivity contribution in [1.82, 2.24) is 0 Å². The molecular formula is C12H15NO3. The van der Waals surface area contributed by atoms with Crippen molar-refractivity contribution in [2.45, 2.75) is 32.0 Å². The van der Waals surface area contributed by atoms with Crippen molar-refractivity contribution in [3.8, 4) is 6.07 Å². The molecule has 86 valence electrons. The molecule has 2 saturated carbocycles. The Balaban J connectivity index is 0.000000292. The van der Waals surface area contributed by atoms with Crippen molar-refractivity contribution >= 4 is 5.97 Å². The first-order valence-electron chi connectivity index (χ1n) is 5.48. The summed E-state index contributed by atoms with van der Waals surface area (Å²) in [6, 6.07) is 2.08. The van der Waals surface area contributed by atoms with Crippen molar-refractivity contribution in [3.63, 3.8) is 0 Å². The van der Waals surface area contributed by atoms with E-state index in [4.69, 9.17) is 10.00 Å². The Morgan fingerprint density at radius 2 is 2.38 bits per heavy atom. The molecule has 2 bridgehead atoms. The Labute approximate surface area is 94.5 Å². The first kappa shape index (κ1) is 11.2. The molecule has 0 spiro atoms. The minimum atomic E-state index is -0.908. The maximum absolute atomic E-state index is 11.4. The summed E-state index contributed by atoms with van der Waals surface area (Å²) in [5.41, 5.74) is -0.908. The van der Waals surface area contributed by atoms with Crippen LogP contribution in [0.3, 0.4) is 0 Å². The second-order valence-electron chi connectivity index (χ2n) is 4.66. The van der Waals surface area contributed by atoms with Crippen LogP contribution in [0.25, 0.3) is 0 Å². The number of hydrogen-bond acceptors (Lipinski definition) is 4. The maximum Gasteiger partial charge on any atom is 0.327 e. The quantitative estimate of drug-likeness (QED) is 0.489. The second-order valence-corrected chi connectivity index (χ2v) is 4.66. The number of nitrogens with zero attached hydrogens (tertiary/aromatic N) is 1. The van der Waals surface area contributed by atoms with Crippen LogP contribution in [0.4, 0.5) is 0 Å². The van der Waals surface area contributed by atoms with Gasteiger partial charge in [0.1, 0.15) is 6.10 Å². The number of nitriles is 1. The van der Waals surface area contributed by atoms with Crippen LogP contribution in [0.1, 0.15) is 19.8 Å². The van der Waals surface area contributed by atoms with Gasteiger partial charge in [0.25, 0.3) is 0 Å². The fraction of sp³-hybridized carbons (Fsp3) is 0.667. The molecule has 0 aromatic carbocycles. The molecule has 0 radical (unpaired) electrons.